The van der Waals surface area contributed by atoms with E-state index in [0.717, 1.165) is 20.7 Å². The molecule has 20 heavy (non-hydrogen) atoms. The fourth-order valence-corrected chi connectivity index (χ4v) is 2.89. The van der Waals surface area contributed by atoms with Gasteiger partial charge in [0.05, 0.1) is 11.9 Å². The molecule has 1 unspecified atom stereocenters. The molecule has 0 fully saturated rings. The molecule has 0 amide bonds. The standard InChI is InChI=1S/C13H17N3O3S/c1-6-7(2)20-11-9(6)10(15-8(3)16-11)14-5-13(4,19)12(17)18/h19H,5H2,1-4H3,(H,17,18)(H,14,15,16). The third-order valence-electron chi connectivity index (χ3n) is 3.20. The maximum atomic E-state index is 10.9. The second kappa shape index (κ2) is 4.99. The molecule has 0 aromatic carbocycles. The Kier molecular flexibility index (Phi) is 3.66. The van der Waals surface area contributed by atoms with Gasteiger partial charge in [-0.05, 0) is 33.3 Å². The minimum absolute atomic E-state index is 0.123. The van der Waals surface area contributed by atoms with Gasteiger partial charge in [-0.15, -0.1) is 11.3 Å². The summed E-state index contributed by atoms with van der Waals surface area (Å²) in [7, 11) is 0. The van der Waals surface area contributed by atoms with Crippen molar-refractivity contribution in [1.29, 1.82) is 0 Å². The molecule has 0 aliphatic heterocycles. The van der Waals surface area contributed by atoms with Crippen molar-refractivity contribution < 1.29 is 15.0 Å². The monoisotopic (exact) mass is 295 g/mol. The summed E-state index contributed by atoms with van der Waals surface area (Å²) < 4.78 is 0. The molecule has 0 radical (unpaired) electrons. The van der Waals surface area contributed by atoms with Crippen LogP contribution in [0.4, 0.5) is 5.82 Å². The van der Waals surface area contributed by atoms with Gasteiger partial charge in [-0.2, -0.15) is 0 Å². The number of thiophene rings is 1. The zero-order valence-electron chi connectivity index (χ0n) is 11.8. The molecule has 6 nitrogen and oxygen atoms in total. The first-order valence-electron chi connectivity index (χ1n) is 6.16. The van der Waals surface area contributed by atoms with Crippen LogP contribution in [0.2, 0.25) is 0 Å². The second-order valence-corrected chi connectivity index (χ2v) is 6.22. The Morgan fingerprint density at radius 1 is 1.35 bits per heavy atom. The van der Waals surface area contributed by atoms with Crippen LogP contribution in [0, 0.1) is 20.8 Å². The normalized spacial score (nSPS) is 14.2. The maximum Gasteiger partial charge on any atom is 0.337 e. The molecule has 0 bridgehead atoms. The number of hydrogen-bond acceptors (Lipinski definition) is 6. The third-order valence-corrected chi connectivity index (χ3v) is 4.30. The van der Waals surface area contributed by atoms with Gasteiger partial charge < -0.3 is 15.5 Å². The van der Waals surface area contributed by atoms with Gasteiger partial charge in [-0.3, -0.25) is 0 Å². The summed E-state index contributed by atoms with van der Waals surface area (Å²) in [5.41, 5.74) is -0.771. The minimum Gasteiger partial charge on any atom is -0.479 e. The number of aliphatic hydroxyl groups is 1. The molecule has 7 heteroatoms. The fourth-order valence-electron chi connectivity index (χ4n) is 1.82. The Labute approximate surface area is 120 Å². The molecule has 0 saturated heterocycles. The van der Waals surface area contributed by atoms with Gasteiger partial charge in [0.1, 0.15) is 16.5 Å². The highest BCUT2D eigenvalue weighted by atomic mass is 32.1. The number of fused-ring (bicyclic) bond motifs is 1. The zero-order chi connectivity index (χ0) is 15.1. The van der Waals surface area contributed by atoms with Crippen molar-refractivity contribution in [3.63, 3.8) is 0 Å². The van der Waals surface area contributed by atoms with E-state index in [4.69, 9.17) is 5.11 Å². The van der Waals surface area contributed by atoms with Crippen molar-refractivity contribution in [2.45, 2.75) is 33.3 Å². The molecular formula is C13H17N3O3S. The van der Waals surface area contributed by atoms with E-state index in [-0.39, 0.29) is 6.54 Å². The lowest BCUT2D eigenvalue weighted by Crippen LogP contribution is -2.42. The quantitative estimate of drug-likeness (QED) is 0.797. The first kappa shape index (κ1) is 14.7. The van der Waals surface area contributed by atoms with Crippen LogP contribution < -0.4 is 5.32 Å². The predicted octanol–water partition coefficient (Wildman–Crippen LogP) is 1.86. The largest absolute Gasteiger partial charge is 0.479 e. The zero-order valence-corrected chi connectivity index (χ0v) is 12.6. The Bertz CT molecular complexity index is 679. The molecule has 3 N–H and O–H groups in total. The molecule has 2 heterocycles. The van der Waals surface area contributed by atoms with E-state index in [1.165, 1.54) is 6.92 Å². The number of aliphatic carboxylic acids is 1. The topological polar surface area (TPSA) is 95.3 Å². The van der Waals surface area contributed by atoms with Crippen LogP contribution in [0.3, 0.4) is 0 Å². The van der Waals surface area contributed by atoms with Crippen molar-refractivity contribution in [3.8, 4) is 0 Å². The third kappa shape index (κ3) is 2.59. The number of carboxylic acids is 1. The summed E-state index contributed by atoms with van der Waals surface area (Å²) in [6.45, 7) is 6.90. The van der Waals surface area contributed by atoms with E-state index < -0.39 is 11.6 Å². The highest BCUT2D eigenvalue weighted by Crippen LogP contribution is 2.33. The average molecular weight is 295 g/mol. The number of anilines is 1. The predicted molar refractivity (Wildman–Crippen MR) is 78.4 cm³/mol. The van der Waals surface area contributed by atoms with Crippen molar-refractivity contribution in [1.82, 2.24) is 9.97 Å². The number of aromatic nitrogens is 2. The van der Waals surface area contributed by atoms with E-state index >= 15 is 0 Å². The van der Waals surface area contributed by atoms with E-state index in [9.17, 15) is 9.90 Å². The molecule has 2 aromatic rings. The number of aryl methyl sites for hydroxylation is 3. The molecule has 0 saturated carbocycles. The van der Waals surface area contributed by atoms with Crippen molar-refractivity contribution >= 4 is 33.3 Å². The van der Waals surface area contributed by atoms with Crippen LogP contribution in [0.15, 0.2) is 0 Å². The molecular weight excluding hydrogens is 278 g/mol. The number of carbonyl (C=O) groups is 1. The molecule has 0 aliphatic carbocycles. The SMILES string of the molecule is Cc1nc(NCC(C)(O)C(=O)O)c2c(C)c(C)sc2n1. The summed E-state index contributed by atoms with van der Waals surface area (Å²) in [6.07, 6.45) is 0. The van der Waals surface area contributed by atoms with E-state index in [1.54, 1.807) is 18.3 Å². The summed E-state index contributed by atoms with van der Waals surface area (Å²) in [6, 6.07) is 0. The van der Waals surface area contributed by atoms with Crippen LogP contribution in [-0.2, 0) is 4.79 Å². The van der Waals surface area contributed by atoms with Crippen molar-refractivity contribution in [3.05, 3.63) is 16.3 Å². The number of rotatable bonds is 4. The lowest BCUT2D eigenvalue weighted by atomic mass is 10.1. The first-order chi connectivity index (χ1) is 9.22. The minimum atomic E-state index is -1.84. The number of nitrogens with zero attached hydrogens (tertiary/aromatic N) is 2. The van der Waals surface area contributed by atoms with Gasteiger partial charge in [-0.25, -0.2) is 14.8 Å². The average Bonchev–Trinajstić information content (AvgIpc) is 2.61. The van der Waals surface area contributed by atoms with Crippen LogP contribution in [0.5, 0.6) is 0 Å². The second-order valence-electron chi connectivity index (χ2n) is 5.02. The molecule has 0 spiro atoms. The van der Waals surface area contributed by atoms with E-state index in [0.29, 0.717) is 11.6 Å². The summed E-state index contributed by atoms with van der Waals surface area (Å²) in [4.78, 5) is 21.6. The number of hydrogen-bond donors (Lipinski definition) is 3. The van der Waals surface area contributed by atoms with Gasteiger partial charge in [0.25, 0.3) is 0 Å². The fraction of sp³-hybridized carbons (Fsp3) is 0.462. The lowest BCUT2D eigenvalue weighted by Gasteiger charge is -2.19. The highest BCUT2D eigenvalue weighted by molar-refractivity contribution is 7.18. The van der Waals surface area contributed by atoms with Gasteiger partial charge >= 0.3 is 5.97 Å². The van der Waals surface area contributed by atoms with Crippen LogP contribution >= 0.6 is 11.3 Å². The number of carboxylic acid groups (broad SMARTS) is 1. The van der Waals surface area contributed by atoms with Gasteiger partial charge in [-0.1, -0.05) is 0 Å². The smallest absolute Gasteiger partial charge is 0.337 e. The van der Waals surface area contributed by atoms with E-state index in [1.807, 2.05) is 13.8 Å². The van der Waals surface area contributed by atoms with Gasteiger partial charge in [0.15, 0.2) is 5.60 Å². The van der Waals surface area contributed by atoms with Crippen LogP contribution in [0.1, 0.15) is 23.2 Å². The summed E-state index contributed by atoms with van der Waals surface area (Å²) in [5.74, 6) is -0.0997. The first-order valence-corrected chi connectivity index (χ1v) is 6.98. The van der Waals surface area contributed by atoms with Gasteiger partial charge in [0.2, 0.25) is 0 Å². The van der Waals surface area contributed by atoms with Gasteiger partial charge in [0, 0.05) is 4.88 Å². The van der Waals surface area contributed by atoms with Crippen molar-refractivity contribution in [2.75, 3.05) is 11.9 Å². The number of nitrogens with one attached hydrogen (secondary N) is 1. The van der Waals surface area contributed by atoms with E-state index in [2.05, 4.69) is 15.3 Å². The molecule has 108 valence electrons. The molecule has 0 aliphatic rings. The maximum absolute atomic E-state index is 10.9. The van der Waals surface area contributed by atoms with Crippen LogP contribution in [-0.4, -0.2) is 38.3 Å². The molecule has 1 atom stereocenters. The Balaban J connectivity index is 2.41. The Morgan fingerprint density at radius 2 is 2.00 bits per heavy atom. The summed E-state index contributed by atoms with van der Waals surface area (Å²) in [5, 5.41) is 22.5. The van der Waals surface area contributed by atoms with Crippen LogP contribution in [0.25, 0.3) is 10.2 Å². The summed E-state index contributed by atoms with van der Waals surface area (Å²) >= 11 is 1.58. The highest BCUT2D eigenvalue weighted by Gasteiger charge is 2.30. The molecule has 2 rings (SSSR count). The lowest BCUT2D eigenvalue weighted by molar-refractivity contribution is -0.155. The Hall–Kier alpha value is -1.73. The van der Waals surface area contributed by atoms with Crippen molar-refractivity contribution in [2.24, 2.45) is 0 Å². The molecule has 2 aromatic heterocycles. The Morgan fingerprint density at radius 3 is 2.60 bits per heavy atom.